The molecular formula is C14H15Cl3N2O. The lowest BCUT2D eigenvalue weighted by Crippen LogP contribution is -2.39. The number of imidazole rings is 1. The maximum absolute atomic E-state index is 6.16. The van der Waals surface area contributed by atoms with E-state index in [0.717, 1.165) is 36.3 Å². The maximum atomic E-state index is 6.16. The Bertz CT molecular complexity index is 647. The van der Waals surface area contributed by atoms with Crippen molar-refractivity contribution in [2.45, 2.75) is 31.2 Å². The van der Waals surface area contributed by atoms with Crippen LogP contribution in [0.5, 0.6) is 0 Å². The van der Waals surface area contributed by atoms with Crippen LogP contribution in [0.4, 0.5) is 0 Å². The normalized spacial score (nSPS) is 23.4. The smallest absolute Gasteiger partial charge is 0.125 e. The molecule has 1 fully saturated rings. The van der Waals surface area contributed by atoms with Crippen LogP contribution < -0.4 is 0 Å². The van der Waals surface area contributed by atoms with E-state index in [1.807, 2.05) is 6.07 Å². The van der Waals surface area contributed by atoms with Crippen LogP contribution in [0.1, 0.15) is 25.6 Å². The summed E-state index contributed by atoms with van der Waals surface area (Å²) >= 11 is 18.3. The highest BCUT2D eigenvalue weighted by Crippen LogP contribution is 2.35. The molecule has 2 heterocycles. The monoisotopic (exact) mass is 332 g/mol. The molecule has 3 rings (SSSR count). The zero-order valence-corrected chi connectivity index (χ0v) is 13.4. The van der Waals surface area contributed by atoms with Gasteiger partial charge in [-0.15, -0.1) is 11.6 Å². The number of ether oxygens (including phenoxy) is 1. The standard InChI is InChI=1S/C14H15Cl3N2O/c1-14(3-2-4-20-8-14)19-12-6-10(17)9(16)5-11(12)18-13(19)7-15/h5-6H,2-4,7-8H2,1H3. The number of fused-ring (bicyclic) bond motifs is 1. The van der Waals surface area contributed by atoms with E-state index in [1.165, 1.54) is 0 Å². The Morgan fingerprint density at radius 3 is 2.75 bits per heavy atom. The Balaban J connectivity index is 2.24. The fourth-order valence-corrected chi connectivity index (χ4v) is 3.41. The Morgan fingerprint density at radius 1 is 1.35 bits per heavy atom. The SMILES string of the molecule is CC1(n2c(CCl)nc3cc(Cl)c(Cl)cc32)CCCOC1. The molecule has 0 bridgehead atoms. The minimum Gasteiger partial charge on any atom is -0.379 e. The number of aromatic nitrogens is 2. The summed E-state index contributed by atoms with van der Waals surface area (Å²) < 4.78 is 7.82. The molecule has 0 spiro atoms. The number of alkyl halides is 1. The number of rotatable bonds is 2. The van der Waals surface area contributed by atoms with Crippen molar-refractivity contribution in [3.63, 3.8) is 0 Å². The fraction of sp³-hybridized carbons (Fsp3) is 0.500. The lowest BCUT2D eigenvalue weighted by Gasteiger charge is -2.36. The van der Waals surface area contributed by atoms with E-state index >= 15 is 0 Å². The summed E-state index contributed by atoms with van der Waals surface area (Å²) in [6, 6.07) is 3.65. The van der Waals surface area contributed by atoms with Crippen LogP contribution in [-0.4, -0.2) is 22.8 Å². The van der Waals surface area contributed by atoms with Crippen molar-refractivity contribution < 1.29 is 4.74 Å². The number of nitrogens with zero attached hydrogens (tertiary/aromatic N) is 2. The molecule has 0 radical (unpaired) electrons. The average Bonchev–Trinajstić information content (AvgIpc) is 2.78. The summed E-state index contributed by atoms with van der Waals surface area (Å²) in [6.07, 6.45) is 2.06. The van der Waals surface area contributed by atoms with Crippen LogP contribution >= 0.6 is 34.8 Å². The molecule has 0 aliphatic carbocycles. The molecule has 3 nitrogen and oxygen atoms in total. The summed E-state index contributed by atoms with van der Waals surface area (Å²) in [4.78, 5) is 4.59. The molecule has 1 aromatic carbocycles. The van der Waals surface area contributed by atoms with Crippen LogP contribution in [-0.2, 0) is 16.2 Å². The summed E-state index contributed by atoms with van der Waals surface area (Å²) in [5.74, 6) is 1.17. The predicted molar refractivity (Wildman–Crippen MR) is 83.0 cm³/mol. The van der Waals surface area contributed by atoms with Crippen LogP contribution in [0.25, 0.3) is 11.0 Å². The van der Waals surface area contributed by atoms with Gasteiger partial charge in [-0.3, -0.25) is 0 Å². The predicted octanol–water partition coefficient (Wildman–Crippen LogP) is 4.61. The van der Waals surface area contributed by atoms with Crippen molar-refractivity contribution >= 4 is 45.8 Å². The zero-order chi connectivity index (χ0) is 14.3. The molecule has 1 saturated heterocycles. The van der Waals surface area contributed by atoms with Gasteiger partial charge in [-0.25, -0.2) is 4.98 Å². The molecule has 1 aliphatic rings. The van der Waals surface area contributed by atoms with Gasteiger partial charge < -0.3 is 9.30 Å². The van der Waals surface area contributed by atoms with E-state index in [0.29, 0.717) is 22.5 Å². The van der Waals surface area contributed by atoms with E-state index in [1.54, 1.807) is 6.07 Å². The van der Waals surface area contributed by atoms with Gasteiger partial charge >= 0.3 is 0 Å². The van der Waals surface area contributed by atoms with Gasteiger partial charge in [-0.1, -0.05) is 23.2 Å². The highest BCUT2D eigenvalue weighted by atomic mass is 35.5. The Kier molecular flexibility index (Phi) is 3.89. The van der Waals surface area contributed by atoms with Crippen molar-refractivity contribution in [1.82, 2.24) is 9.55 Å². The molecule has 1 aliphatic heterocycles. The fourth-order valence-electron chi connectivity index (χ4n) is 2.91. The first-order valence-electron chi connectivity index (χ1n) is 6.56. The second-order valence-corrected chi connectivity index (χ2v) is 6.49. The molecule has 1 unspecified atom stereocenters. The molecule has 1 aromatic heterocycles. The summed E-state index contributed by atoms with van der Waals surface area (Å²) in [6.45, 7) is 3.64. The Hall–Kier alpha value is -0.480. The molecule has 1 atom stereocenters. The third kappa shape index (κ3) is 2.31. The van der Waals surface area contributed by atoms with Crippen LogP contribution in [0.2, 0.25) is 10.0 Å². The van der Waals surface area contributed by atoms with Crippen molar-refractivity contribution in [3.8, 4) is 0 Å². The van der Waals surface area contributed by atoms with E-state index in [2.05, 4.69) is 16.5 Å². The minimum absolute atomic E-state index is 0.144. The average molecular weight is 334 g/mol. The third-order valence-corrected chi connectivity index (χ3v) is 4.80. The van der Waals surface area contributed by atoms with Gasteiger partial charge in [0.1, 0.15) is 5.82 Å². The van der Waals surface area contributed by atoms with Crippen molar-refractivity contribution in [3.05, 3.63) is 28.0 Å². The molecule has 2 aromatic rings. The number of hydrogen-bond acceptors (Lipinski definition) is 2. The molecule has 108 valence electrons. The van der Waals surface area contributed by atoms with E-state index < -0.39 is 0 Å². The summed E-state index contributed by atoms with van der Waals surface area (Å²) in [5.41, 5.74) is 1.64. The topological polar surface area (TPSA) is 27.1 Å². The molecule has 20 heavy (non-hydrogen) atoms. The van der Waals surface area contributed by atoms with Crippen LogP contribution in [0.3, 0.4) is 0 Å². The largest absolute Gasteiger partial charge is 0.379 e. The van der Waals surface area contributed by atoms with Gasteiger partial charge in [-0.05, 0) is 31.9 Å². The second kappa shape index (κ2) is 5.38. The van der Waals surface area contributed by atoms with Gasteiger partial charge in [0.2, 0.25) is 0 Å². The van der Waals surface area contributed by atoms with Crippen molar-refractivity contribution in [1.29, 1.82) is 0 Å². The van der Waals surface area contributed by atoms with Gasteiger partial charge in [0.25, 0.3) is 0 Å². The minimum atomic E-state index is -0.144. The molecule has 6 heteroatoms. The molecular weight excluding hydrogens is 319 g/mol. The van der Waals surface area contributed by atoms with E-state index in [9.17, 15) is 0 Å². The summed E-state index contributed by atoms with van der Waals surface area (Å²) in [7, 11) is 0. The lowest BCUT2D eigenvalue weighted by atomic mass is 9.94. The van der Waals surface area contributed by atoms with E-state index in [-0.39, 0.29) is 5.54 Å². The highest BCUT2D eigenvalue weighted by Gasteiger charge is 2.33. The third-order valence-electron chi connectivity index (χ3n) is 3.84. The zero-order valence-electron chi connectivity index (χ0n) is 11.1. The second-order valence-electron chi connectivity index (χ2n) is 5.41. The first-order valence-corrected chi connectivity index (χ1v) is 7.85. The summed E-state index contributed by atoms with van der Waals surface area (Å²) in [5, 5.41) is 1.04. The number of benzene rings is 1. The van der Waals surface area contributed by atoms with Gasteiger partial charge in [-0.2, -0.15) is 0 Å². The van der Waals surface area contributed by atoms with Crippen LogP contribution in [0, 0.1) is 0 Å². The lowest BCUT2D eigenvalue weighted by molar-refractivity contribution is 0.0104. The molecule has 0 saturated carbocycles. The molecule has 0 N–H and O–H groups in total. The van der Waals surface area contributed by atoms with Gasteiger partial charge in [0.15, 0.2) is 0 Å². The number of hydrogen-bond donors (Lipinski definition) is 0. The molecule has 0 amide bonds. The maximum Gasteiger partial charge on any atom is 0.125 e. The van der Waals surface area contributed by atoms with Crippen LogP contribution in [0.15, 0.2) is 12.1 Å². The van der Waals surface area contributed by atoms with E-state index in [4.69, 9.17) is 39.5 Å². The quantitative estimate of drug-likeness (QED) is 0.751. The first-order chi connectivity index (χ1) is 9.55. The Morgan fingerprint density at radius 2 is 2.10 bits per heavy atom. The highest BCUT2D eigenvalue weighted by molar-refractivity contribution is 6.42. The van der Waals surface area contributed by atoms with Gasteiger partial charge in [0, 0.05) is 6.61 Å². The number of halogens is 3. The van der Waals surface area contributed by atoms with Crippen molar-refractivity contribution in [2.75, 3.05) is 13.2 Å². The first kappa shape index (κ1) is 14.5. The Labute approximate surface area is 132 Å². The van der Waals surface area contributed by atoms with Gasteiger partial charge in [0.05, 0.1) is 39.1 Å². The van der Waals surface area contributed by atoms with Crippen molar-refractivity contribution in [2.24, 2.45) is 0 Å².